The van der Waals surface area contributed by atoms with E-state index in [1.165, 1.54) is 24.8 Å². The summed E-state index contributed by atoms with van der Waals surface area (Å²) in [6.45, 7) is 10.4. The van der Waals surface area contributed by atoms with Gasteiger partial charge in [-0.15, -0.1) is 0 Å². The van der Waals surface area contributed by atoms with Crippen molar-refractivity contribution in [3.63, 3.8) is 0 Å². The van der Waals surface area contributed by atoms with Crippen LogP contribution >= 0.6 is 0 Å². The van der Waals surface area contributed by atoms with Crippen molar-refractivity contribution in [2.45, 2.75) is 40.0 Å². The largest absolute Gasteiger partial charge is 0.0991 e. The van der Waals surface area contributed by atoms with E-state index in [0.717, 1.165) is 5.92 Å². The van der Waals surface area contributed by atoms with Gasteiger partial charge in [-0.1, -0.05) is 44.6 Å². The first-order chi connectivity index (χ1) is 5.20. The van der Waals surface area contributed by atoms with Crippen LogP contribution in [0.4, 0.5) is 0 Å². The summed E-state index contributed by atoms with van der Waals surface area (Å²) in [7, 11) is 0. The van der Waals surface area contributed by atoms with Gasteiger partial charge in [0.15, 0.2) is 0 Å². The Balaban J connectivity index is 3.52. The molecular formula is C11H20. The summed E-state index contributed by atoms with van der Waals surface area (Å²) in [5, 5.41) is 0. The van der Waals surface area contributed by atoms with E-state index in [2.05, 4.69) is 33.4 Å². The molecule has 0 N–H and O–H groups in total. The highest BCUT2D eigenvalue weighted by molar-refractivity contribution is 5.07. The average Bonchev–Trinajstić information content (AvgIpc) is 2.01. The molecule has 0 spiro atoms. The molecule has 0 radical (unpaired) electrons. The van der Waals surface area contributed by atoms with E-state index in [-0.39, 0.29) is 0 Å². The van der Waals surface area contributed by atoms with Crippen molar-refractivity contribution >= 4 is 0 Å². The normalized spacial score (nSPS) is 14.6. The highest BCUT2D eigenvalue weighted by Crippen LogP contribution is 2.13. The van der Waals surface area contributed by atoms with Crippen LogP contribution in [0.3, 0.4) is 0 Å². The summed E-state index contributed by atoms with van der Waals surface area (Å²) >= 11 is 0. The molecule has 1 unspecified atom stereocenters. The minimum absolute atomic E-state index is 0.864. The molecule has 11 heavy (non-hydrogen) atoms. The Morgan fingerprint density at radius 2 is 2.18 bits per heavy atom. The van der Waals surface area contributed by atoms with Crippen LogP contribution in [-0.4, -0.2) is 0 Å². The van der Waals surface area contributed by atoms with Crippen molar-refractivity contribution in [1.29, 1.82) is 0 Å². The van der Waals surface area contributed by atoms with Crippen molar-refractivity contribution in [3.05, 3.63) is 24.3 Å². The van der Waals surface area contributed by atoms with Gasteiger partial charge in [-0.3, -0.25) is 0 Å². The predicted molar refractivity (Wildman–Crippen MR) is 52.6 cm³/mol. The maximum Gasteiger partial charge on any atom is -0.0317 e. The Labute approximate surface area is 71.0 Å². The zero-order valence-electron chi connectivity index (χ0n) is 8.06. The second-order valence-corrected chi connectivity index (χ2v) is 3.30. The molecule has 0 aliphatic carbocycles. The minimum atomic E-state index is 0.864. The molecule has 0 amide bonds. The highest BCUT2D eigenvalue weighted by atomic mass is 14.0. The predicted octanol–water partition coefficient (Wildman–Crippen LogP) is 3.95. The molecule has 64 valence electrons. The first-order valence-electron chi connectivity index (χ1n) is 4.48. The van der Waals surface area contributed by atoms with Gasteiger partial charge >= 0.3 is 0 Å². The van der Waals surface area contributed by atoms with Crippen molar-refractivity contribution in [1.82, 2.24) is 0 Å². The SMILES string of the molecule is C=CC=C(C)CCC(C)CC. The molecule has 0 aliphatic rings. The fraction of sp³-hybridized carbons (Fsp3) is 0.636. The van der Waals surface area contributed by atoms with Crippen molar-refractivity contribution < 1.29 is 0 Å². The Kier molecular flexibility index (Phi) is 5.91. The fourth-order valence-electron chi connectivity index (χ4n) is 0.963. The molecule has 0 aliphatic heterocycles. The fourth-order valence-corrected chi connectivity index (χ4v) is 0.963. The van der Waals surface area contributed by atoms with Crippen LogP contribution in [0.15, 0.2) is 24.3 Å². The van der Waals surface area contributed by atoms with E-state index < -0.39 is 0 Å². The van der Waals surface area contributed by atoms with Gasteiger partial charge < -0.3 is 0 Å². The maximum atomic E-state index is 3.67. The summed E-state index contributed by atoms with van der Waals surface area (Å²) in [5.41, 5.74) is 1.44. The molecule has 0 saturated carbocycles. The third kappa shape index (κ3) is 5.90. The molecular weight excluding hydrogens is 132 g/mol. The van der Waals surface area contributed by atoms with Crippen molar-refractivity contribution in [2.75, 3.05) is 0 Å². The standard InChI is InChI=1S/C11H20/c1-5-7-11(4)9-8-10(3)6-2/h5,7,10H,1,6,8-9H2,2-4H3. The summed E-state index contributed by atoms with van der Waals surface area (Å²) in [6.07, 6.45) is 7.80. The van der Waals surface area contributed by atoms with E-state index >= 15 is 0 Å². The molecule has 0 aromatic rings. The summed E-state index contributed by atoms with van der Waals surface area (Å²) in [5.74, 6) is 0.864. The molecule has 0 bridgehead atoms. The molecule has 1 atom stereocenters. The zero-order chi connectivity index (χ0) is 8.69. The van der Waals surface area contributed by atoms with Gasteiger partial charge in [0.25, 0.3) is 0 Å². The molecule has 0 aromatic heterocycles. The van der Waals surface area contributed by atoms with Crippen molar-refractivity contribution in [2.24, 2.45) is 5.92 Å². The van der Waals surface area contributed by atoms with Crippen LogP contribution in [-0.2, 0) is 0 Å². The molecule has 0 aromatic carbocycles. The van der Waals surface area contributed by atoms with Gasteiger partial charge in [0, 0.05) is 0 Å². The molecule has 0 heterocycles. The van der Waals surface area contributed by atoms with E-state index in [9.17, 15) is 0 Å². The number of hydrogen-bond donors (Lipinski definition) is 0. The first kappa shape index (κ1) is 10.5. The monoisotopic (exact) mass is 152 g/mol. The molecule has 0 rings (SSSR count). The van der Waals surface area contributed by atoms with Gasteiger partial charge in [0.2, 0.25) is 0 Å². The van der Waals surface area contributed by atoms with Gasteiger partial charge in [-0.2, -0.15) is 0 Å². The molecule has 0 heteroatoms. The third-order valence-corrected chi connectivity index (χ3v) is 2.13. The van der Waals surface area contributed by atoms with Crippen molar-refractivity contribution in [3.8, 4) is 0 Å². The topological polar surface area (TPSA) is 0 Å². The van der Waals surface area contributed by atoms with Crippen LogP contribution in [0.1, 0.15) is 40.0 Å². The van der Waals surface area contributed by atoms with E-state index in [4.69, 9.17) is 0 Å². The maximum absolute atomic E-state index is 3.67. The van der Waals surface area contributed by atoms with Gasteiger partial charge in [-0.25, -0.2) is 0 Å². The van der Waals surface area contributed by atoms with E-state index in [0.29, 0.717) is 0 Å². The lowest BCUT2D eigenvalue weighted by molar-refractivity contribution is 0.515. The lowest BCUT2D eigenvalue weighted by atomic mass is 10.00. The molecule has 0 nitrogen and oxygen atoms in total. The Morgan fingerprint density at radius 1 is 1.55 bits per heavy atom. The second kappa shape index (κ2) is 6.21. The number of allylic oxidation sites excluding steroid dienone is 3. The average molecular weight is 152 g/mol. The Morgan fingerprint density at radius 3 is 2.64 bits per heavy atom. The number of rotatable bonds is 5. The highest BCUT2D eigenvalue weighted by Gasteiger charge is 1.97. The second-order valence-electron chi connectivity index (χ2n) is 3.30. The van der Waals surface area contributed by atoms with E-state index in [1.54, 1.807) is 0 Å². The van der Waals surface area contributed by atoms with E-state index in [1.807, 2.05) is 6.08 Å². The Hall–Kier alpha value is -0.520. The van der Waals surface area contributed by atoms with Gasteiger partial charge in [0.05, 0.1) is 0 Å². The molecule has 0 saturated heterocycles. The van der Waals surface area contributed by atoms with Crippen LogP contribution in [0.25, 0.3) is 0 Å². The van der Waals surface area contributed by atoms with Crippen LogP contribution < -0.4 is 0 Å². The molecule has 0 fully saturated rings. The zero-order valence-corrected chi connectivity index (χ0v) is 8.06. The summed E-state index contributed by atoms with van der Waals surface area (Å²) in [6, 6.07) is 0. The first-order valence-corrected chi connectivity index (χ1v) is 4.48. The van der Waals surface area contributed by atoms with Crippen LogP contribution in [0, 0.1) is 5.92 Å². The smallest absolute Gasteiger partial charge is 0.0317 e. The Bertz CT molecular complexity index is 131. The summed E-state index contributed by atoms with van der Waals surface area (Å²) < 4.78 is 0. The minimum Gasteiger partial charge on any atom is -0.0991 e. The van der Waals surface area contributed by atoms with Gasteiger partial charge in [-0.05, 0) is 25.7 Å². The quantitative estimate of drug-likeness (QED) is 0.523. The number of hydrogen-bond acceptors (Lipinski definition) is 0. The lowest BCUT2D eigenvalue weighted by Gasteiger charge is -2.07. The lowest BCUT2D eigenvalue weighted by Crippen LogP contribution is -1.91. The van der Waals surface area contributed by atoms with Crippen LogP contribution in [0.5, 0.6) is 0 Å². The third-order valence-electron chi connectivity index (χ3n) is 2.13. The van der Waals surface area contributed by atoms with Gasteiger partial charge in [0.1, 0.15) is 0 Å². The van der Waals surface area contributed by atoms with Crippen LogP contribution in [0.2, 0.25) is 0 Å². The summed E-state index contributed by atoms with van der Waals surface area (Å²) in [4.78, 5) is 0.